The predicted octanol–water partition coefficient (Wildman–Crippen LogP) is 4.67. The summed E-state index contributed by atoms with van der Waals surface area (Å²) in [6, 6.07) is 8.59. The molecule has 3 fully saturated rings. The fourth-order valence-electron chi connectivity index (χ4n) is 6.08. The van der Waals surface area contributed by atoms with Crippen LogP contribution in [0.25, 0.3) is 0 Å². The number of rotatable bonds is 4. The Morgan fingerprint density at radius 1 is 0.852 bits per heavy atom. The van der Waals surface area contributed by atoms with Crippen LogP contribution in [0, 0.1) is 12.8 Å². The van der Waals surface area contributed by atoms with E-state index in [1.807, 2.05) is 0 Å². The number of aliphatic hydroxyl groups is 1. The van der Waals surface area contributed by atoms with Gasteiger partial charge in [0.25, 0.3) is 0 Å². The molecule has 2 heterocycles. The van der Waals surface area contributed by atoms with Crippen LogP contribution in [0.15, 0.2) is 24.3 Å². The van der Waals surface area contributed by atoms with Gasteiger partial charge < -0.3 is 5.11 Å². The van der Waals surface area contributed by atoms with Crippen molar-refractivity contribution in [3.8, 4) is 0 Å². The summed E-state index contributed by atoms with van der Waals surface area (Å²) < 4.78 is 0. The molecule has 0 amide bonds. The van der Waals surface area contributed by atoms with Gasteiger partial charge in [-0.3, -0.25) is 9.80 Å². The fourth-order valence-corrected chi connectivity index (χ4v) is 6.08. The second-order valence-corrected chi connectivity index (χ2v) is 9.20. The summed E-state index contributed by atoms with van der Waals surface area (Å²) in [7, 11) is 0. The van der Waals surface area contributed by atoms with Crippen molar-refractivity contribution in [1.82, 2.24) is 9.80 Å². The minimum Gasteiger partial charge on any atom is -0.385 e. The first-order valence-electron chi connectivity index (χ1n) is 11.5. The van der Waals surface area contributed by atoms with Crippen LogP contribution in [0.3, 0.4) is 0 Å². The molecule has 0 radical (unpaired) electrons. The summed E-state index contributed by atoms with van der Waals surface area (Å²) in [4.78, 5) is 5.49. The third kappa shape index (κ3) is 3.97. The Bertz CT molecular complexity index is 588. The van der Waals surface area contributed by atoms with Crippen molar-refractivity contribution in [1.29, 1.82) is 0 Å². The Morgan fingerprint density at radius 2 is 1.44 bits per heavy atom. The predicted molar refractivity (Wildman–Crippen MR) is 112 cm³/mol. The maximum atomic E-state index is 12.2. The minimum atomic E-state index is -0.677. The van der Waals surface area contributed by atoms with Crippen LogP contribution >= 0.6 is 0 Å². The highest BCUT2D eigenvalue weighted by atomic mass is 16.3. The number of benzene rings is 1. The second-order valence-electron chi connectivity index (χ2n) is 9.20. The van der Waals surface area contributed by atoms with Gasteiger partial charge in [0.1, 0.15) is 0 Å². The van der Waals surface area contributed by atoms with Crippen LogP contribution in [-0.4, -0.2) is 47.3 Å². The van der Waals surface area contributed by atoms with Crippen molar-refractivity contribution >= 4 is 0 Å². The van der Waals surface area contributed by atoms with Gasteiger partial charge in [-0.25, -0.2) is 0 Å². The largest absolute Gasteiger partial charge is 0.385 e. The van der Waals surface area contributed by atoms with Crippen molar-refractivity contribution in [2.24, 2.45) is 5.92 Å². The summed E-state index contributed by atoms with van der Waals surface area (Å²) in [6.45, 7) is 7.02. The van der Waals surface area contributed by atoms with Crippen molar-refractivity contribution in [3.63, 3.8) is 0 Å². The lowest BCUT2D eigenvalue weighted by Gasteiger charge is -2.53. The third-order valence-corrected chi connectivity index (χ3v) is 7.44. The highest BCUT2D eigenvalue weighted by molar-refractivity contribution is 5.33. The van der Waals surface area contributed by atoms with E-state index in [1.54, 1.807) is 0 Å². The maximum Gasteiger partial charge on any atom is 0.0954 e. The van der Waals surface area contributed by atoms with Gasteiger partial charge in [-0.2, -0.15) is 0 Å². The van der Waals surface area contributed by atoms with E-state index < -0.39 is 5.60 Å². The molecule has 2 atom stereocenters. The van der Waals surface area contributed by atoms with Crippen LogP contribution in [0.4, 0.5) is 0 Å². The molecule has 3 aliphatic rings. The van der Waals surface area contributed by atoms with E-state index >= 15 is 0 Å². The van der Waals surface area contributed by atoms with Gasteiger partial charge in [0.2, 0.25) is 0 Å². The van der Waals surface area contributed by atoms with Gasteiger partial charge in [0.15, 0.2) is 0 Å². The number of likely N-dealkylation sites (tertiary alicyclic amines) is 2. The van der Waals surface area contributed by atoms with E-state index in [0.717, 1.165) is 19.3 Å². The Hall–Kier alpha value is -0.900. The molecular weight excluding hydrogens is 332 g/mol. The number of nitrogens with zero attached hydrogens (tertiary/aromatic N) is 2. The van der Waals surface area contributed by atoms with E-state index in [-0.39, 0.29) is 0 Å². The molecule has 2 aliphatic heterocycles. The highest BCUT2D eigenvalue weighted by Crippen LogP contribution is 2.46. The molecule has 1 N–H and O–H groups in total. The standard InChI is InChI=1S/C24H38N2O/c1-20-12-4-5-13-21(20)24(27)15-7-6-14-22(24)23(25-16-8-2-9-17-25)26-18-10-3-11-19-26/h4-5,12-13,22-23,27H,2-3,6-11,14-19H2,1H3. The molecule has 1 aliphatic carbocycles. The van der Waals surface area contributed by atoms with Crippen molar-refractivity contribution < 1.29 is 5.11 Å². The van der Waals surface area contributed by atoms with Gasteiger partial charge in [-0.1, -0.05) is 49.9 Å². The summed E-state index contributed by atoms with van der Waals surface area (Å²) in [5.41, 5.74) is 1.76. The lowest BCUT2D eigenvalue weighted by molar-refractivity contribution is -0.134. The van der Waals surface area contributed by atoms with E-state index in [9.17, 15) is 5.11 Å². The van der Waals surface area contributed by atoms with Crippen LogP contribution in [0.2, 0.25) is 0 Å². The van der Waals surface area contributed by atoms with Gasteiger partial charge in [0, 0.05) is 5.92 Å². The fraction of sp³-hybridized carbons (Fsp3) is 0.750. The van der Waals surface area contributed by atoms with Crippen LogP contribution in [0.5, 0.6) is 0 Å². The highest BCUT2D eigenvalue weighted by Gasteiger charge is 2.48. The summed E-state index contributed by atoms with van der Waals surface area (Å²) in [5.74, 6) is 0.323. The molecule has 1 aromatic rings. The molecule has 2 unspecified atom stereocenters. The number of hydrogen-bond donors (Lipinski definition) is 1. The number of hydrogen-bond acceptors (Lipinski definition) is 3. The molecular formula is C24H38N2O. The average Bonchev–Trinajstić information content (AvgIpc) is 2.72. The molecule has 4 rings (SSSR count). The third-order valence-electron chi connectivity index (χ3n) is 7.44. The van der Waals surface area contributed by atoms with Crippen molar-refractivity contribution in [3.05, 3.63) is 35.4 Å². The Kier molecular flexibility index (Phi) is 6.21. The lowest BCUT2D eigenvalue weighted by Crippen LogP contribution is -2.60. The first kappa shape index (κ1) is 19.4. The van der Waals surface area contributed by atoms with Gasteiger partial charge in [0.05, 0.1) is 11.8 Å². The van der Waals surface area contributed by atoms with Crippen LogP contribution < -0.4 is 0 Å². The molecule has 0 bridgehead atoms. The van der Waals surface area contributed by atoms with Gasteiger partial charge >= 0.3 is 0 Å². The quantitative estimate of drug-likeness (QED) is 0.834. The van der Waals surface area contributed by atoms with Crippen molar-refractivity contribution in [2.75, 3.05) is 26.2 Å². The van der Waals surface area contributed by atoms with E-state index in [2.05, 4.69) is 41.0 Å². The van der Waals surface area contributed by atoms with Crippen LogP contribution in [-0.2, 0) is 5.60 Å². The lowest BCUT2D eigenvalue weighted by atomic mass is 9.68. The molecule has 2 saturated heterocycles. The first-order valence-corrected chi connectivity index (χ1v) is 11.5. The van der Waals surface area contributed by atoms with E-state index in [0.29, 0.717) is 12.1 Å². The topological polar surface area (TPSA) is 26.7 Å². The Labute approximate surface area is 165 Å². The van der Waals surface area contributed by atoms with Crippen LogP contribution in [0.1, 0.15) is 75.3 Å². The summed E-state index contributed by atoms with van der Waals surface area (Å²) in [5, 5.41) is 12.2. The van der Waals surface area contributed by atoms with Gasteiger partial charge in [-0.15, -0.1) is 0 Å². The normalized spacial score (nSPS) is 31.3. The summed E-state index contributed by atoms with van der Waals surface area (Å²) >= 11 is 0. The maximum absolute atomic E-state index is 12.2. The molecule has 3 heteroatoms. The zero-order valence-corrected chi connectivity index (χ0v) is 17.2. The monoisotopic (exact) mass is 370 g/mol. The number of piperidine rings is 2. The van der Waals surface area contributed by atoms with E-state index in [4.69, 9.17) is 0 Å². The van der Waals surface area contributed by atoms with E-state index in [1.165, 1.54) is 82.3 Å². The Morgan fingerprint density at radius 3 is 2.04 bits per heavy atom. The number of aryl methyl sites for hydroxylation is 1. The smallest absolute Gasteiger partial charge is 0.0954 e. The zero-order chi connectivity index (χ0) is 18.7. The first-order chi connectivity index (χ1) is 13.2. The molecule has 0 spiro atoms. The Balaban J connectivity index is 1.70. The molecule has 0 aromatic heterocycles. The SMILES string of the molecule is Cc1ccccc1C1(O)CCCCC1C(N1CCCCC1)N1CCCCC1. The van der Waals surface area contributed by atoms with Gasteiger partial charge in [-0.05, 0) is 82.8 Å². The summed E-state index contributed by atoms with van der Waals surface area (Å²) in [6.07, 6.45) is 12.9. The minimum absolute atomic E-state index is 0.323. The van der Waals surface area contributed by atoms with Crippen molar-refractivity contribution in [2.45, 2.75) is 82.9 Å². The molecule has 1 aromatic carbocycles. The second kappa shape index (κ2) is 8.63. The molecule has 3 nitrogen and oxygen atoms in total. The molecule has 1 saturated carbocycles. The molecule has 150 valence electrons. The average molecular weight is 371 g/mol. The molecule has 27 heavy (non-hydrogen) atoms. The zero-order valence-electron chi connectivity index (χ0n) is 17.2.